The number of fused-ring (bicyclic) bond motifs is 1. The number of halogens is 2. The van der Waals surface area contributed by atoms with Crippen LogP contribution in [0.4, 0.5) is 5.69 Å². The van der Waals surface area contributed by atoms with Crippen LogP contribution in [0.2, 0.25) is 10.0 Å². The van der Waals surface area contributed by atoms with E-state index in [0.29, 0.717) is 61.5 Å². The molecule has 8 heteroatoms. The molecular formula is C30H24Cl2N2O4. The third kappa shape index (κ3) is 5.32. The van der Waals surface area contributed by atoms with Crippen LogP contribution in [0.5, 0.6) is 5.75 Å². The molecule has 38 heavy (non-hydrogen) atoms. The molecular weight excluding hydrogens is 523 g/mol. The predicted molar refractivity (Wildman–Crippen MR) is 152 cm³/mol. The van der Waals surface area contributed by atoms with E-state index in [2.05, 4.69) is 24.1 Å². The number of carbonyl (C=O) groups excluding carboxylic acids is 1. The second-order valence-corrected chi connectivity index (χ2v) is 9.73. The van der Waals surface area contributed by atoms with Gasteiger partial charge in [-0.2, -0.15) is 0 Å². The molecule has 1 N–H and O–H groups in total. The zero-order chi connectivity index (χ0) is 26.8. The van der Waals surface area contributed by atoms with Gasteiger partial charge in [0.25, 0.3) is 0 Å². The van der Waals surface area contributed by atoms with Crippen LogP contribution in [0.15, 0.2) is 81.6 Å². The van der Waals surface area contributed by atoms with E-state index in [1.165, 1.54) is 11.6 Å². The fourth-order valence-corrected chi connectivity index (χ4v) is 4.37. The molecule has 0 spiro atoms. The fourth-order valence-electron chi connectivity index (χ4n) is 3.98. The Bertz CT molecular complexity index is 1670. The Morgan fingerprint density at radius 1 is 1.03 bits per heavy atom. The third-order valence-corrected chi connectivity index (χ3v) is 6.84. The lowest BCUT2D eigenvalue weighted by Crippen LogP contribution is -2.09. The summed E-state index contributed by atoms with van der Waals surface area (Å²) < 4.78 is 17.2. The Kier molecular flexibility index (Phi) is 7.27. The number of nitrogens with zero attached hydrogens (tertiary/aromatic N) is 1. The molecule has 3 aromatic carbocycles. The lowest BCUT2D eigenvalue weighted by molar-refractivity contribution is -0.111. The number of aromatic nitrogens is 1. The summed E-state index contributed by atoms with van der Waals surface area (Å²) in [5.74, 6) is 2.02. The van der Waals surface area contributed by atoms with Gasteiger partial charge in [-0.05, 0) is 72.2 Å². The SMILES string of the molecule is COc1ccc(-c2nc3cc(C(C)C)ccc3o2)cc1NC(=O)C=Cc1ccc(-c2cccc(Cl)c2Cl)o1. The number of methoxy groups -OCH3 is 1. The highest BCUT2D eigenvalue weighted by molar-refractivity contribution is 6.43. The average Bonchev–Trinajstić information content (AvgIpc) is 3.56. The summed E-state index contributed by atoms with van der Waals surface area (Å²) >= 11 is 12.4. The van der Waals surface area contributed by atoms with Crippen LogP contribution >= 0.6 is 23.2 Å². The maximum Gasteiger partial charge on any atom is 0.248 e. The number of hydrogen-bond donors (Lipinski definition) is 1. The van der Waals surface area contributed by atoms with Crippen LogP contribution in [0, 0.1) is 0 Å². The van der Waals surface area contributed by atoms with Crippen LogP contribution in [-0.4, -0.2) is 18.0 Å². The van der Waals surface area contributed by atoms with Gasteiger partial charge in [-0.3, -0.25) is 4.79 Å². The van der Waals surface area contributed by atoms with Crippen molar-refractivity contribution in [3.8, 4) is 28.5 Å². The number of amides is 1. The van der Waals surface area contributed by atoms with Gasteiger partial charge in [0.15, 0.2) is 5.58 Å². The standard InChI is InChI=1S/C30H24Cl2N2O4/c1-17(2)18-7-12-27-24(15-18)34-30(38-27)19-8-11-26(36-3)23(16-19)33-28(35)14-10-20-9-13-25(37-20)21-5-4-6-22(31)29(21)32/h4-17H,1-3H3,(H,33,35). The Hall–Kier alpha value is -4.00. The van der Waals surface area contributed by atoms with Gasteiger partial charge >= 0.3 is 0 Å². The summed E-state index contributed by atoms with van der Waals surface area (Å²) in [6.45, 7) is 4.27. The van der Waals surface area contributed by atoms with Crippen molar-refractivity contribution in [3.63, 3.8) is 0 Å². The van der Waals surface area contributed by atoms with Crippen LogP contribution in [-0.2, 0) is 4.79 Å². The van der Waals surface area contributed by atoms with Gasteiger partial charge in [-0.15, -0.1) is 0 Å². The molecule has 0 radical (unpaired) electrons. The van der Waals surface area contributed by atoms with Crippen LogP contribution in [0.3, 0.4) is 0 Å². The predicted octanol–water partition coefficient (Wildman–Crippen LogP) is 8.85. The summed E-state index contributed by atoms with van der Waals surface area (Å²) in [6, 6.07) is 20.2. The van der Waals surface area contributed by atoms with Gasteiger partial charge < -0.3 is 18.9 Å². The number of anilines is 1. The first-order valence-electron chi connectivity index (χ1n) is 11.9. The lowest BCUT2D eigenvalue weighted by atomic mass is 10.0. The summed E-state index contributed by atoms with van der Waals surface area (Å²) in [4.78, 5) is 17.4. The Labute approximate surface area is 229 Å². The Morgan fingerprint density at radius 2 is 1.87 bits per heavy atom. The summed E-state index contributed by atoms with van der Waals surface area (Å²) in [6.07, 6.45) is 2.95. The smallest absolute Gasteiger partial charge is 0.248 e. The van der Waals surface area contributed by atoms with Crippen molar-refractivity contribution in [2.45, 2.75) is 19.8 Å². The highest BCUT2D eigenvalue weighted by Crippen LogP contribution is 2.35. The Morgan fingerprint density at radius 3 is 2.66 bits per heavy atom. The molecule has 192 valence electrons. The zero-order valence-corrected chi connectivity index (χ0v) is 22.4. The van der Waals surface area contributed by atoms with E-state index >= 15 is 0 Å². The van der Waals surface area contributed by atoms with E-state index in [-0.39, 0.29) is 5.91 Å². The van der Waals surface area contributed by atoms with E-state index in [4.69, 9.17) is 36.8 Å². The molecule has 0 unspecified atom stereocenters. The number of rotatable bonds is 7. The maximum atomic E-state index is 12.7. The average molecular weight is 547 g/mol. The van der Waals surface area contributed by atoms with Gasteiger partial charge in [0.05, 0.1) is 22.8 Å². The van der Waals surface area contributed by atoms with Crippen LogP contribution < -0.4 is 10.1 Å². The molecule has 0 aliphatic rings. The normalized spacial score (nSPS) is 11.5. The number of benzene rings is 3. The Balaban J connectivity index is 1.35. The highest BCUT2D eigenvalue weighted by Gasteiger charge is 2.14. The maximum absolute atomic E-state index is 12.7. The quantitative estimate of drug-likeness (QED) is 0.206. The van der Waals surface area contributed by atoms with E-state index in [1.54, 1.807) is 49.6 Å². The third-order valence-electron chi connectivity index (χ3n) is 6.03. The van der Waals surface area contributed by atoms with Gasteiger partial charge in [0.1, 0.15) is 22.8 Å². The van der Waals surface area contributed by atoms with Gasteiger partial charge in [0, 0.05) is 17.2 Å². The van der Waals surface area contributed by atoms with Gasteiger partial charge in [-0.1, -0.05) is 49.2 Å². The minimum atomic E-state index is -0.363. The molecule has 0 bridgehead atoms. The molecule has 6 nitrogen and oxygen atoms in total. The fraction of sp³-hybridized carbons (Fsp3) is 0.133. The highest BCUT2D eigenvalue weighted by atomic mass is 35.5. The first-order valence-corrected chi connectivity index (χ1v) is 12.7. The molecule has 1 amide bonds. The van der Waals surface area contributed by atoms with Gasteiger partial charge in [-0.25, -0.2) is 4.98 Å². The van der Waals surface area contributed by atoms with Crippen molar-refractivity contribution < 1.29 is 18.4 Å². The van der Waals surface area contributed by atoms with Crippen molar-refractivity contribution in [3.05, 3.63) is 94.2 Å². The number of furan rings is 1. The lowest BCUT2D eigenvalue weighted by Gasteiger charge is -2.10. The van der Waals surface area contributed by atoms with Crippen molar-refractivity contribution in [2.75, 3.05) is 12.4 Å². The monoisotopic (exact) mass is 546 g/mol. The van der Waals surface area contributed by atoms with Crippen molar-refractivity contribution >= 4 is 52.0 Å². The zero-order valence-electron chi connectivity index (χ0n) is 20.9. The molecule has 2 aromatic heterocycles. The summed E-state index contributed by atoms with van der Waals surface area (Å²) in [5.41, 5.74) is 4.53. The van der Waals surface area contributed by atoms with E-state index < -0.39 is 0 Å². The molecule has 0 aliphatic carbocycles. The van der Waals surface area contributed by atoms with Crippen molar-refractivity contribution in [1.29, 1.82) is 0 Å². The minimum absolute atomic E-state index is 0.363. The number of ether oxygens (including phenoxy) is 1. The summed E-state index contributed by atoms with van der Waals surface area (Å²) in [7, 11) is 1.54. The molecule has 5 rings (SSSR count). The largest absolute Gasteiger partial charge is 0.495 e. The number of oxazole rings is 1. The molecule has 0 aliphatic heterocycles. The van der Waals surface area contributed by atoms with E-state index in [9.17, 15) is 4.79 Å². The minimum Gasteiger partial charge on any atom is -0.495 e. The number of nitrogens with one attached hydrogen (secondary N) is 1. The molecule has 0 atom stereocenters. The first-order chi connectivity index (χ1) is 18.3. The topological polar surface area (TPSA) is 77.5 Å². The first kappa shape index (κ1) is 25.6. The van der Waals surface area contributed by atoms with Gasteiger partial charge in [0.2, 0.25) is 11.8 Å². The summed E-state index contributed by atoms with van der Waals surface area (Å²) in [5, 5.41) is 3.70. The van der Waals surface area contributed by atoms with E-state index in [1.807, 2.05) is 30.3 Å². The molecule has 2 heterocycles. The van der Waals surface area contributed by atoms with Crippen molar-refractivity contribution in [1.82, 2.24) is 4.98 Å². The van der Waals surface area contributed by atoms with Crippen LogP contribution in [0.1, 0.15) is 31.1 Å². The second kappa shape index (κ2) is 10.8. The number of carbonyl (C=O) groups is 1. The molecule has 5 aromatic rings. The molecule has 0 fully saturated rings. The molecule has 0 saturated heterocycles. The van der Waals surface area contributed by atoms with Crippen LogP contribution in [0.25, 0.3) is 40.0 Å². The number of hydrogen-bond acceptors (Lipinski definition) is 5. The second-order valence-electron chi connectivity index (χ2n) is 8.94. The van der Waals surface area contributed by atoms with E-state index in [0.717, 1.165) is 5.52 Å². The molecule has 0 saturated carbocycles. The van der Waals surface area contributed by atoms with Crippen molar-refractivity contribution in [2.24, 2.45) is 0 Å².